The van der Waals surface area contributed by atoms with Crippen LogP contribution in [0.2, 0.25) is 0 Å². The summed E-state index contributed by atoms with van der Waals surface area (Å²) in [7, 11) is 0. The normalized spacial score (nSPS) is 14.0. The van der Waals surface area contributed by atoms with Crippen LogP contribution in [0.15, 0.2) is 78.9 Å². The van der Waals surface area contributed by atoms with Crippen molar-refractivity contribution in [1.29, 1.82) is 0 Å². The molecule has 1 heterocycles. The van der Waals surface area contributed by atoms with E-state index in [1.165, 1.54) is 6.92 Å². The van der Waals surface area contributed by atoms with Crippen LogP contribution in [-0.4, -0.2) is 30.4 Å². The minimum absolute atomic E-state index is 0.0790. The zero-order valence-corrected chi connectivity index (χ0v) is 18.2. The first-order valence-electron chi connectivity index (χ1n) is 10.7. The fourth-order valence-corrected chi connectivity index (χ4v) is 3.46. The molecule has 0 bridgehead atoms. The third-order valence-electron chi connectivity index (χ3n) is 5.24. The van der Waals surface area contributed by atoms with Crippen LogP contribution in [0.1, 0.15) is 30.1 Å². The number of rotatable bonds is 7. The van der Waals surface area contributed by atoms with Gasteiger partial charge in [0.25, 0.3) is 5.91 Å². The molecular weight excluding hydrogens is 420 g/mol. The lowest BCUT2D eigenvalue weighted by atomic mass is 10.2. The standard InChI is InChI=1S/C26H24N2O5/c1-18(32-26(31)19-9-13-21(14-10-19)28-17-5-8-24(28)29)25(30)27-20-11-15-23(16-12-20)33-22-6-3-2-4-7-22/h2-4,6-7,9-16,18H,5,8,17H2,1H3,(H,27,30)/t18-/m1/s1. The average molecular weight is 444 g/mol. The van der Waals surface area contributed by atoms with Crippen LogP contribution in [0.3, 0.4) is 0 Å². The lowest BCUT2D eigenvalue weighted by Crippen LogP contribution is -2.30. The number of para-hydroxylation sites is 1. The predicted molar refractivity (Wildman–Crippen MR) is 124 cm³/mol. The molecule has 0 aliphatic carbocycles. The first-order valence-corrected chi connectivity index (χ1v) is 10.7. The third-order valence-corrected chi connectivity index (χ3v) is 5.24. The van der Waals surface area contributed by atoms with E-state index in [0.717, 1.165) is 17.9 Å². The Morgan fingerprint density at radius 1 is 0.909 bits per heavy atom. The Labute approximate surface area is 191 Å². The number of anilines is 2. The largest absolute Gasteiger partial charge is 0.457 e. The molecule has 3 aromatic rings. The Morgan fingerprint density at radius 2 is 1.58 bits per heavy atom. The Bertz CT molecular complexity index is 1130. The Kier molecular flexibility index (Phi) is 6.69. The van der Waals surface area contributed by atoms with E-state index >= 15 is 0 Å². The highest BCUT2D eigenvalue weighted by atomic mass is 16.5. The van der Waals surface area contributed by atoms with E-state index in [9.17, 15) is 14.4 Å². The number of ether oxygens (including phenoxy) is 2. The average Bonchev–Trinajstić information content (AvgIpc) is 3.27. The second-order valence-electron chi connectivity index (χ2n) is 7.67. The lowest BCUT2D eigenvalue weighted by Gasteiger charge is -2.16. The van der Waals surface area contributed by atoms with Crippen molar-refractivity contribution in [3.05, 3.63) is 84.4 Å². The Balaban J connectivity index is 1.30. The molecule has 1 N–H and O–H groups in total. The highest BCUT2D eigenvalue weighted by molar-refractivity contribution is 5.98. The molecule has 33 heavy (non-hydrogen) atoms. The molecule has 1 atom stereocenters. The van der Waals surface area contributed by atoms with Gasteiger partial charge in [-0.3, -0.25) is 9.59 Å². The first-order chi connectivity index (χ1) is 16.0. The fraction of sp³-hybridized carbons (Fsp3) is 0.192. The number of hydrogen-bond donors (Lipinski definition) is 1. The topological polar surface area (TPSA) is 84.9 Å². The van der Waals surface area contributed by atoms with Crippen molar-refractivity contribution in [3.63, 3.8) is 0 Å². The maximum absolute atomic E-state index is 12.5. The Morgan fingerprint density at radius 3 is 2.21 bits per heavy atom. The van der Waals surface area contributed by atoms with Crippen LogP contribution in [0.25, 0.3) is 0 Å². The van der Waals surface area contributed by atoms with Crippen molar-refractivity contribution in [1.82, 2.24) is 0 Å². The van der Waals surface area contributed by atoms with Gasteiger partial charge in [-0.2, -0.15) is 0 Å². The minimum Gasteiger partial charge on any atom is -0.457 e. The molecule has 2 amide bonds. The lowest BCUT2D eigenvalue weighted by molar-refractivity contribution is -0.123. The van der Waals surface area contributed by atoms with Gasteiger partial charge in [0.15, 0.2) is 6.10 Å². The number of nitrogens with zero attached hydrogens (tertiary/aromatic N) is 1. The van der Waals surface area contributed by atoms with Gasteiger partial charge in [0.05, 0.1) is 5.56 Å². The quantitative estimate of drug-likeness (QED) is 0.530. The molecule has 0 saturated carbocycles. The van der Waals surface area contributed by atoms with Crippen molar-refractivity contribution < 1.29 is 23.9 Å². The highest BCUT2D eigenvalue weighted by Crippen LogP contribution is 2.24. The summed E-state index contributed by atoms with van der Waals surface area (Å²) < 4.78 is 11.0. The van der Waals surface area contributed by atoms with Gasteiger partial charge in [-0.1, -0.05) is 18.2 Å². The predicted octanol–water partition coefficient (Wildman–Crippen LogP) is 4.79. The molecule has 0 aromatic heterocycles. The summed E-state index contributed by atoms with van der Waals surface area (Å²) in [6.45, 7) is 2.19. The van der Waals surface area contributed by atoms with Gasteiger partial charge >= 0.3 is 5.97 Å². The van der Waals surface area contributed by atoms with Crippen molar-refractivity contribution in [2.75, 3.05) is 16.8 Å². The summed E-state index contributed by atoms with van der Waals surface area (Å²) in [6.07, 6.45) is 0.384. The summed E-state index contributed by atoms with van der Waals surface area (Å²) in [6, 6.07) is 22.9. The summed E-state index contributed by atoms with van der Waals surface area (Å²) in [5.74, 6) is 0.380. The molecule has 7 heteroatoms. The van der Waals surface area contributed by atoms with Crippen LogP contribution in [0.5, 0.6) is 11.5 Å². The van der Waals surface area contributed by atoms with E-state index in [2.05, 4.69) is 5.32 Å². The third kappa shape index (κ3) is 5.57. The second-order valence-corrected chi connectivity index (χ2v) is 7.67. The van der Waals surface area contributed by atoms with Gasteiger partial charge in [-0.25, -0.2) is 4.79 Å². The van der Waals surface area contributed by atoms with Gasteiger partial charge in [-0.05, 0) is 74.0 Å². The molecule has 0 radical (unpaired) electrons. The molecular formula is C26H24N2O5. The molecule has 0 unspecified atom stereocenters. The molecule has 1 aliphatic heterocycles. The van der Waals surface area contributed by atoms with Gasteiger partial charge in [0.1, 0.15) is 11.5 Å². The van der Waals surface area contributed by atoms with Crippen molar-refractivity contribution >= 4 is 29.2 Å². The number of amides is 2. The van der Waals surface area contributed by atoms with Gasteiger partial charge < -0.3 is 19.7 Å². The second kappa shape index (κ2) is 9.99. The highest BCUT2D eigenvalue weighted by Gasteiger charge is 2.23. The van der Waals surface area contributed by atoms with E-state index in [4.69, 9.17) is 9.47 Å². The van der Waals surface area contributed by atoms with Crippen molar-refractivity contribution in [2.45, 2.75) is 25.9 Å². The number of nitrogens with one attached hydrogen (secondary N) is 1. The summed E-state index contributed by atoms with van der Waals surface area (Å²) in [5, 5.41) is 2.72. The van der Waals surface area contributed by atoms with E-state index in [1.807, 2.05) is 30.3 Å². The summed E-state index contributed by atoms with van der Waals surface area (Å²) >= 11 is 0. The molecule has 1 fully saturated rings. The maximum Gasteiger partial charge on any atom is 0.338 e. The molecule has 1 aliphatic rings. The smallest absolute Gasteiger partial charge is 0.338 e. The van der Waals surface area contributed by atoms with Crippen molar-refractivity contribution in [2.24, 2.45) is 0 Å². The number of benzene rings is 3. The van der Waals surface area contributed by atoms with Crippen LogP contribution in [-0.2, 0) is 14.3 Å². The summed E-state index contributed by atoms with van der Waals surface area (Å²) in [4.78, 5) is 38.4. The van der Waals surface area contributed by atoms with E-state index in [0.29, 0.717) is 30.0 Å². The minimum atomic E-state index is -0.988. The molecule has 0 spiro atoms. The van der Waals surface area contributed by atoms with Gasteiger partial charge in [-0.15, -0.1) is 0 Å². The molecule has 1 saturated heterocycles. The summed E-state index contributed by atoms with van der Waals surface area (Å²) in [5.41, 5.74) is 1.62. The first kappa shape index (κ1) is 22.1. The van der Waals surface area contributed by atoms with E-state index in [1.54, 1.807) is 53.4 Å². The van der Waals surface area contributed by atoms with Crippen LogP contribution >= 0.6 is 0 Å². The van der Waals surface area contributed by atoms with Crippen LogP contribution < -0.4 is 15.0 Å². The SMILES string of the molecule is C[C@@H](OC(=O)c1ccc(N2CCCC2=O)cc1)C(=O)Nc1ccc(Oc2ccccc2)cc1. The molecule has 7 nitrogen and oxygen atoms in total. The zero-order chi connectivity index (χ0) is 23.2. The number of hydrogen-bond acceptors (Lipinski definition) is 5. The zero-order valence-electron chi connectivity index (χ0n) is 18.2. The Hall–Kier alpha value is -4.13. The number of esters is 1. The number of carbonyl (C=O) groups excluding carboxylic acids is 3. The van der Waals surface area contributed by atoms with E-state index < -0.39 is 18.0 Å². The van der Waals surface area contributed by atoms with Gasteiger partial charge in [0, 0.05) is 24.3 Å². The number of carbonyl (C=O) groups is 3. The maximum atomic E-state index is 12.5. The van der Waals surface area contributed by atoms with Crippen LogP contribution in [0, 0.1) is 0 Å². The molecule has 3 aromatic carbocycles. The van der Waals surface area contributed by atoms with E-state index in [-0.39, 0.29) is 5.91 Å². The molecule has 4 rings (SSSR count). The van der Waals surface area contributed by atoms with Gasteiger partial charge in [0.2, 0.25) is 5.91 Å². The molecule has 168 valence electrons. The fourth-order valence-electron chi connectivity index (χ4n) is 3.46. The van der Waals surface area contributed by atoms with Crippen LogP contribution in [0.4, 0.5) is 11.4 Å². The monoisotopic (exact) mass is 444 g/mol. The van der Waals surface area contributed by atoms with Crippen molar-refractivity contribution in [3.8, 4) is 11.5 Å².